The lowest BCUT2D eigenvalue weighted by Gasteiger charge is -2.13. The Kier molecular flexibility index (Phi) is 4.31. The summed E-state index contributed by atoms with van der Waals surface area (Å²) in [6, 6.07) is 2.74. The third-order valence-corrected chi connectivity index (χ3v) is 1.92. The highest BCUT2D eigenvalue weighted by Crippen LogP contribution is 2.30. The minimum atomic E-state index is -4.98. The molecular formula is C10H8F4N2O2. The summed E-state index contributed by atoms with van der Waals surface area (Å²) in [6.07, 6.45) is -5.25. The zero-order valence-corrected chi connectivity index (χ0v) is 9.21. The lowest BCUT2D eigenvalue weighted by atomic mass is 10.2. The zero-order chi connectivity index (χ0) is 13.8. The van der Waals surface area contributed by atoms with E-state index in [1.54, 1.807) is 6.07 Å². The van der Waals surface area contributed by atoms with Crippen molar-refractivity contribution in [2.45, 2.75) is 19.5 Å². The van der Waals surface area contributed by atoms with Gasteiger partial charge in [-0.1, -0.05) is 0 Å². The molecular weight excluding hydrogens is 256 g/mol. The molecule has 4 nitrogen and oxygen atoms in total. The Labute approximate surface area is 99.8 Å². The molecule has 0 radical (unpaired) electrons. The first kappa shape index (κ1) is 14.0. The van der Waals surface area contributed by atoms with Crippen LogP contribution in [0.3, 0.4) is 0 Å². The molecule has 18 heavy (non-hydrogen) atoms. The molecule has 98 valence electrons. The maximum atomic E-state index is 12.6. The van der Waals surface area contributed by atoms with E-state index in [2.05, 4.69) is 9.72 Å². The van der Waals surface area contributed by atoms with Crippen molar-refractivity contribution < 1.29 is 27.0 Å². The van der Waals surface area contributed by atoms with Crippen molar-refractivity contribution in [2.75, 3.05) is 7.11 Å². The van der Waals surface area contributed by atoms with Gasteiger partial charge in [-0.05, 0) is 6.07 Å². The fourth-order valence-electron chi connectivity index (χ4n) is 1.22. The first-order valence-corrected chi connectivity index (χ1v) is 4.66. The SMILES string of the molecule is COc1cc(CF)c(OC(F)(F)F)nc1CC#N. The van der Waals surface area contributed by atoms with Gasteiger partial charge in [0.25, 0.3) is 0 Å². The number of hydrogen-bond acceptors (Lipinski definition) is 4. The van der Waals surface area contributed by atoms with Crippen LogP contribution in [0.15, 0.2) is 6.07 Å². The van der Waals surface area contributed by atoms with Crippen molar-refractivity contribution in [3.63, 3.8) is 0 Å². The lowest BCUT2D eigenvalue weighted by molar-refractivity contribution is -0.276. The maximum Gasteiger partial charge on any atom is 0.574 e. The second-order valence-corrected chi connectivity index (χ2v) is 3.12. The molecule has 0 saturated heterocycles. The minimum absolute atomic E-state index is 0.0405. The average Bonchev–Trinajstić information content (AvgIpc) is 2.28. The number of aromatic nitrogens is 1. The highest BCUT2D eigenvalue weighted by Gasteiger charge is 2.33. The number of ether oxygens (including phenoxy) is 2. The Hall–Kier alpha value is -2.04. The summed E-state index contributed by atoms with van der Waals surface area (Å²) < 4.78 is 57.2. The maximum absolute atomic E-state index is 12.6. The van der Waals surface area contributed by atoms with Gasteiger partial charge in [0, 0.05) is 5.56 Å². The molecule has 0 spiro atoms. The Morgan fingerprint density at radius 3 is 2.56 bits per heavy atom. The van der Waals surface area contributed by atoms with Gasteiger partial charge in [-0.3, -0.25) is 0 Å². The summed E-state index contributed by atoms with van der Waals surface area (Å²) in [6.45, 7) is -1.19. The van der Waals surface area contributed by atoms with Gasteiger partial charge in [0.15, 0.2) is 0 Å². The van der Waals surface area contributed by atoms with Crippen molar-refractivity contribution in [3.8, 4) is 17.7 Å². The number of hydrogen-bond donors (Lipinski definition) is 0. The number of nitriles is 1. The molecule has 0 saturated carbocycles. The standard InChI is InChI=1S/C10H8F4N2O2/c1-17-8-4-6(5-11)9(18-10(12,13)14)16-7(8)2-3-15/h4H,2,5H2,1H3. The van der Waals surface area contributed by atoms with E-state index in [9.17, 15) is 17.6 Å². The number of methoxy groups -OCH3 is 1. The van der Waals surface area contributed by atoms with Gasteiger partial charge in [0.1, 0.15) is 18.1 Å². The molecule has 8 heteroatoms. The Morgan fingerprint density at radius 1 is 1.44 bits per heavy atom. The lowest BCUT2D eigenvalue weighted by Crippen LogP contribution is -2.19. The zero-order valence-electron chi connectivity index (χ0n) is 9.21. The molecule has 0 N–H and O–H groups in total. The number of pyridine rings is 1. The molecule has 0 atom stereocenters. The normalized spacial score (nSPS) is 10.9. The summed E-state index contributed by atoms with van der Waals surface area (Å²) in [5, 5.41) is 8.51. The molecule has 1 aromatic heterocycles. The summed E-state index contributed by atoms with van der Waals surface area (Å²) in [5.74, 6) is -0.866. The molecule has 0 aliphatic heterocycles. The van der Waals surface area contributed by atoms with Crippen molar-refractivity contribution in [1.29, 1.82) is 5.26 Å². The van der Waals surface area contributed by atoms with Crippen molar-refractivity contribution in [2.24, 2.45) is 0 Å². The Morgan fingerprint density at radius 2 is 2.11 bits per heavy atom. The van der Waals surface area contributed by atoms with E-state index in [4.69, 9.17) is 10.00 Å². The first-order valence-electron chi connectivity index (χ1n) is 4.66. The van der Waals surface area contributed by atoms with Gasteiger partial charge in [-0.15, -0.1) is 13.2 Å². The van der Waals surface area contributed by atoms with Crippen LogP contribution in [0.1, 0.15) is 11.3 Å². The van der Waals surface area contributed by atoms with Crippen LogP contribution in [0.4, 0.5) is 17.6 Å². The van der Waals surface area contributed by atoms with Gasteiger partial charge in [-0.2, -0.15) is 5.26 Å². The first-order chi connectivity index (χ1) is 8.41. The minimum Gasteiger partial charge on any atom is -0.495 e. The highest BCUT2D eigenvalue weighted by molar-refractivity contribution is 5.39. The molecule has 1 rings (SSSR count). The van der Waals surface area contributed by atoms with Crippen molar-refractivity contribution in [1.82, 2.24) is 4.98 Å². The topological polar surface area (TPSA) is 55.1 Å². The Balaban J connectivity index is 3.23. The second kappa shape index (κ2) is 5.53. The van der Waals surface area contributed by atoms with E-state index in [1.807, 2.05) is 0 Å². The highest BCUT2D eigenvalue weighted by atomic mass is 19.4. The third kappa shape index (κ3) is 3.48. The third-order valence-electron chi connectivity index (χ3n) is 1.92. The van der Waals surface area contributed by atoms with Gasteiger partial charge in [0.05, 0.1) is 19.6 Å². The fourth-order valence-corrected chi connectivity index (χ4v) is 1.22. The van der Waals surface area contributed by atoms with Gasteiger partial charge >= 0.3 is 6.36 Å². The van der Waals surface area contributed by atoms with Gasteiger partial charge in [0.2, 0.25) is 5.88 Å². The molecule has 0 aromatic carbocycles. The van der Waals surface area contributed by atoms with Crippen molar-refractivity contribution in [3.05, 3.63) is 17.3 Å². The van der Waals surface area contributed by atoms with Crippen LogP contribution in [0.2, 0.25) is 0 Å². The van der Waals surface area contributed by atoms with E-state index in [0.29, 0.717) is 0 Å². The smallest absolute Gasteiger partial charge is 0.495 e. The molecule has 0 amide bonds. The number of rotatable bonds is 4. The molecule has 0 bridgehead atoms. The van der Waals surface area contributed by atoms with Crippen LogP contribution < -0.4 is 9.47 Å². The van der Waals surface area contributed by atoms with Crippen LogP contribution >= 0.6 is 0 Å². The molecule has 1 heterocycles. The van der Waals surface area contributed by atoms with Crippen LogP contribution in [0, 0.1) is 11.3 Å². The van der Waals surface area contributed by atoms with Gasteiger partial charge in [-0.25, -0.2) is 9.37 Å². The van der Waals surface area contributed by atoms with E-state index in [0.717, 1.165) is 6.07 Å². The average molecular weight is 264 g/mol. The van der Waals surface area contributed by atoms with Crippen LogP contribution in [-0.4, -0.2) is 18.5 Å². The van der Waals surface area contributed by atoms with Crippen molar-refractivity contribution >= 4 is 0 Å². The number of halogens is 4. The number of nitrogens with zero attached hydrogens (tertiary/aromatic N) is 2. The van der Waals surface area contributed by atoms with E-state index >= 15 is 0 Å². The molecule has 0 aliphatic carbocycles. The predicted octanol–water partition coefficient (Wildman–Crippen LogP) is 2.52. The summed E-state index contributed by atoms with van der Waals surface area (Å²) in [4.78, 5) is 3.46. The monoisotopic (exact) mass is 264 g/mol. The molecule has 0 aliphatic rings. The van der Waals surface area contributed by atoms with Crippen LogP contribution in [-0.2, 0) is 13.1 Å². The Bertz CT molecular complexity index is 468. The van der Waals surface area contributed by atoms with Crippen LogP contribution in [0.5, 0.6) is 11.6 Å². The summed E-state index contributed by atoms with van der Waals surface area (Å²) in [5.41, 5.74) is -0.442. The predicted molar refractivity (Wildman–Crippen MR) is 51.6 cm³/mol. The van der Waals surface area contributed by atoms with E-state index < -0.39 is 24.5 Å². The van der Waals surface area contributed by atoms with E-state index in [-0.39, 0.29) is 17.9 Å². The second-order valence-electron chi connectivity index (χ2n) is 3.12. The van der Waals surface area contributed by atoms with E-state index in [1.165, 1.54) is 7.11 Å². The molecule has 0 unspecified atom stereocenters. The quantitative estimate of drug-likeness (QED) is 0.784. The summed E-state index contributed by atoms with van der Waals surface area (Å²) >= 11 is 0. The molecule has 1 aromatic rings. The number of alkyl halides is 4. The van der Waals surface area contributed by atoms with Crippen LogP contribution in [0.25, 0.3) is 0 Å². The fraction of sp³-hybridized carbons (Fsp3) is 0.400. The van der Waals surface area contributed by atoms with Gasteiger partial charge < -0.3 is 9.47 Å². The molecule has 0 fully saturated rings. The summed E-state index contributed by atoms with van der Waals surface area (Å²) in [7, 11) is 1.24. The largest absolute Gasteiger partial charge is 0.574 e.